The van der Waals surface area contributed by atoms with Gasteiger partial charge in [-0.25, -0.2) is 4.68 Å². The molecule has 25 heavy (non-hydrogen) atoms. The van der Waals surface area contributed by atoms with Gasteiger partial charge in [0.1, 0.15) is 5.69 Å². The summed E-state index contributed by atoms with van der Waals surface area (Å²) in [6, 6.07) is 0. The van der Waals surface area contributed by atoms with E-state index in [0.717, 1.165) is 50.3 Å². The Morgan fingerprint density at radius 3 is 2.88 bits per heavy atom. The number of amides is 1. The van der Waals surface area contributed by atoms with E-state index in [4.69, 9.17) is 9.47 Å². The lowest BCUT2D eigenvalue weighted by atomic mass is 9.98. The predicted molar refractivity (Wildman–Crippen MR) is 91.8 cm³/mol. The average Bonchev–Trinajstić information content (AvgIpc) is 2.86. The van der Waals surface area contributed by atoms with Gasteiger partial charge in [-0.1, -0.05) is 5.21 Å². The van der Waals surface area contributed by atoms with E-state index in [1.165, 1.54) is 0 Å². The molecule has 8 nitrogen and oxygen atoms in total. The summed E-state index contributed by atoms with van der Waals surface area (Å²) in [5.41, 5.74) is 1.87. The monoisotopic (exact) mass is 351 g/mol. The number of aromatic nitrogens is 3. The van der Waals surface area contributed by atoms with Crippen LogP contribution in [0.1, 0.15) is 30.7 Å². The molecular weight excluding hydrogens is 322 g/mol. The molecule has 140 valence electrons. The minimum Gasteiger partial charge on any atom is -0.381 e. The molecule has 0 radical (unpaired) electrons. The maximum Gasteiger partial charge on any atom is 0.226 e. The number of carbonyl (C=O) groups is 1. The number of ether oxygens (including phenoxy) is 2. The molecule has 0 aliphatic carbocycles. The molecular formula is C17H29N5O3. The van der Waals surface area contributed by atoms with Crippen LogP contribution in [0.3, 0.4) is 0 Å². The zero-order valence-corrected chi connectivity index (χ0v) is 15.3. The molecule has 1 amide bonds. The summed E-state index contributed by atoms with van der Waals surface area (Å²) in [5.74, 6) is 0.341. The van der Waals surface area contributed by atoms with Crippen LogP contribution in [-0.4, -0.2) is 77.7 Å². The molecule has 0 N–H and O–H groups in total. The van der Waals surface area contributed by atoms with Crippen molar-refractivity contribution in [1.29, 1.82) is 0 Å². The van der Waals surface area contributed by atoms with Gasteiger partial charge in [0, 0.05) is 38.8 Å². The van der Waals surface area contributed by atoms with E-state index in [1.807, 2.05) is 23.7 Å². The van der Waals surface area contributed by atoms with Crippen molar-refractivity contribution < 1.29 is 14.3 Å². The molecule has 0 unspecified atom stereocenters. The topological polar surface area (TPSA) is 72.7 Å². The maximum atomic E-state index is 12.9. The van der Waals surface area contributed by atoms with Crippen molar-refractivity contribution in [2.75, 3.05) is 47.0 Å². The van der Waals surface area contributed by atoms with Crippen molar-refractivity contribution in [2.24, 2.45) is 5.92 Å². The van der Waals surface area contributed by atoms with Crippen LogP contribution in [0.25, 0.3) is 0 Å². The Morgan fingerprint density at radius 2 is 2.12 bits per heavy atom. The Balaban J connectivity index is 1.62. The lowest BCUT2D eigenvalue weighted by Gasteiger charge is -2.28. The van der Waals surface area contributed by atoms with E-state index < -0.39 is 0 Å². The fourth-order valence-corrected chi connectivity index (χ4v) is 3.31. The van der Waals surface area contributed by atoms with Gasteiger partial charge in [-0.3, -0.25) is 4.79 Å². The van der Waals surface area contributed by atoms with E-state index in [-0.39, 0.29) is 11.8 Å². The molecule has 1 saturated heterocycles. The third kappa shape index (κ3) is 4.77. The highest BCUT2D eigenvalue weighted by Gasteiger charge is 2.29. The average molecular weight is 351 g/mol. The van der Waals surface area contributed by atoms with Gasteiger partial charge in [0.2, 0.25) is 5.91 Å². The van der Waals surface area contributed by atoms with Gasteiger partial charge in [-0.15, -0.1) is 5.10 Å². The summed E-state index contributed by atoms with van der Waals surface area (Å²) in [6.45, 7) is 5.52. The highest BCUT2D eigenvalue weighted by Crippen LogP contribution is 2.22. The summed E-state index contributed by atoms with van der Waals surface area (Å²) >= 11 is 0. The molecule has 0 spiro atoms. The Bertz CT molecular complexity index is 569. The van der Waals surface area contributed by atoms with E-state index in [2.05, 4.69) is 15.2 Å². The normalized spacial score (nSPS) is 19.1. The SMILES string of the molecule is CN(C)CCOCc1nnn2c1CN(C(=O)C1CCOCC1)CCC2. The van der Waals surface area contributed by atoms with E-state index in [0.29, 0.717) is 33.0 Å². The largest absolute Gasteiger partial charge is 0.381 e. The van der Waals surface area contributed by atoms with Crippen LogP contribution in [0.15, 0.2) is 0 Å². The van der Waals surface area contributed by atoms with Crippen molar-refractivity contribution in [3.63, 3.8) is 0 Å². The number of aryl methyl sites for hydroxylation is 1. The maximum absolute atomic E-state index is 12.9. The second-order valence-electron chi connectivity index (χ2n) is 7.06. The zero-order valence-electron chi connectivity index (χ0n) is 15.3. The van der Waals surface area contributed by atoms with Crippen LogP contribution >= 0.6 is 0 Å². The Hall–Kier alpha value is -1.51. The number of hydrogen-bond acceptors (Lipinski definition) is 6. The number of rotatable bonds is 6. The predicted octanol–water partition coefficient (Wildman–Crippen LogP) is 0.515. The summed E-state index contributed by atoms with van der Waals surface area (Å²) in [6.07, 6.45) is 2.56. The first kappa shape index (κ1) is 18.3. The third-order valence-electron chi connectivity index (χ3n) is 4.86. The van der Waals surface area contributed by atoms with Crippen molar-refractivity contribution in [2.45, 2.75) is 39.0 Å². The highest BCUT2D eigenvalue weighted by molar-refractivity contribution is 5.79. The van der Waals surface area contributed by atoms with Crippen LogP contribution in [0.2, 0.25) is 0 Å². The van der Waals surface area contributed by atoms with Gasteiger partial charge in [0.05, 0.1) is 25.5 Å². The Kier molecular flexibility index (Phi) is 6.39. The number of fused-ring (bicyclic) bond motifs is 1. The van der Waals surface area contributed by atoms with Gasteiger partial charge >= 0.3 is 0 Å². The van der Waals surface area contributed by atoms with E-state index in [9.17, 15) is 4.79 Å². The molecule has 0 atom stereocenters. The molecule has 0 bridgehead atoms. The molecule has 2 aliphatic rings. The van der Waals surface area contributed by atoms with Crippen LogP contribution in [0, 0.1) is 5.92 Å². The van der Waals surface area contributed by atoms with Gasteiger partial charge in [-0.05, 0) is 33.4 Å². The molecule has 0 aromatic carbocycles. The molecule has 3 heterocycles. The van der Waals surface area contributed by atoms with Crippen LogP contribution in [0.4, 0.5) is 0 Å². The first-order valence-corrected chi connectivity index (χ1v) is 9.15. The standard InChI is InChI=1S/C17H29N5O3/c1-20(2)8-11-25-13-15-16-12-21(6-3-7-22(16)19-18-15)17(23)14-4-9-24-10-5-14/h14H,3-13H2,1-2H3. The minimum absolute atomic E-state index is 0.0935. The molecule has 2 aliphatic heterocycles. The molecule has 1 fully saturated rings. The van der Waals surface area contributed by atoms with Gasteiger partial charge in [0.25, 0.3) is 0 Å². The molecule has 1 aromatic heterocycles. The van der Waals surface area contributed by atoms with Crippen LogP contribution < -0.4 is 0 Å². The lowest BCUT2D eigenvalue weighted by Crippen LogP contribution is -2.38. The van der Waals surface area contributed by atoms with Gasteiger partial charge in [-0.2, -0.15) is 0 Å². The molecule has 8 heteroatoms. The van der Waals surface area contributed by atoms with Gasteiger partial charge < -0.3 is 19.3 Å². The third-order valence-corrected chi connectivity index (χ3v) is 4.86. The Morgan fingerprint density at radius 1 is 1.32 bits per heavy atom. The fraction of sp³-hybridized carbons (Fsp3) is 0.824. The Labute approximate surface area is 149 Å². The summed E-state index contributed by atoms with van der Waals surface area (Å²) in [5, 5.41) is 8.53. The van der Waals surface area contributed by atoms with Crippen LogP contribution in [0.5, 0.6) is 0 Å². The van der Waals surface area contributed by atoms with E-state index >= 15 is 0 Å². The molecule has 0 saturated carbocycles. The van der Waals surface area contributed by atoms with Crippen molar-refractivity contribution in [3.8, 4) is 0 Å². The first-order valence-electron chi connectivity index (χ1n) is 9.15. The smallest absolute Gasteiger partial charge is 0.226 e. The second kappa shape index (κ2) is 8.73. The van der Waals surface area contributed by atoms with Crippen LogP contribution in [-0.2, 0) is 34.0 Å². The number of nitrogens with zero attached hydrogens (tertiary/aromatic N) is 5. The zero-order chi connectivity index (χ0) is 17.6. The summed E-state index contributed by atoms with van der Waals surface area (Å²) in [7, 11) is 4.04. The summed E-state index contributed by atoms with van der Waals surface area (Å²) in [4.78, 5) is 16.9. The lowest BCUT2D eigenvalue weighted by molar-refractivity contribution is -0.139. The quantitative estimate of drug-likeness (QED) is 0.696. The number of hydrogen-bond donors (Lipinski definition) is 0. The minimum atomic E-state index is 0.0935. The number of carbonyl (C=O) groups excluding carboxylic acids is 1. The summed E-state index contributed by atoms with van der Waals surface area (Å²) < 4.78 is 13.0. The van der Waals surface area contributed by atoms with Crippen molar-refractivity contribution >= 4 is 5.91 Å². The highest BCUT2D eigenvalue weighted by atomic mass is 16.5. The van der Waals surface area contributed by atoms with E-state index in [1.54, 1.807) is 0 Å². The number of likely N-dealkylation sites (N-methyl/N-ethyl adjacent to an activating group) is 1. The second-order valence-corrected chi connectivity index (χ2v) is 7.06. The molecule has 1 aromatic rings. The fourth-order valence-electron chi connectivity index (χ4n) is 3.31. The van der Waals surface area contributed by atoms with Crippen molar-refractivity contribution in [3.05, 3.63) is 11.4 Å². The van der Waals surface area contributed by atoms with Gasteiger partial charge in [0.15, 0.2) is 0 Å². The first-order chi connectivity index (χ1) is 12.1. The molecule has 3 rings (SSSR count). The van der Waals surface area contributed by atoms with Crippen molar-refractivity contribution in [1.82, 2.24) is 24.8 Å².